The smallest absolute Gasteiger partial charge is 0.316 e. The van der Waals surface area contributed by atoms with E-state index in [4.69, 9.17) is 4.74 Å². The highest BCUT2D eigenvalue weighted by Crippen LogP contribution is 2.29. The number of hydrogen-bond donors (Lipinski definition) is 1. The average molecular weight is 314 g/mol. The van der Waals surface area contributed by atoms with Crippen LogP contribution >= 0.6 is 27.7 Å². The molecule has 0 aliphatic rings. The highest BCUT2D eigenvalue weighted by atomic mass is 79.9. The van der Waals surface area contributed by atoms with E-state index in [0.29, 0.717) is 12.4 Å². The number of ether oxygens (including phenoxy) is 1. The third kappa shape index (κ3) is 3.04. The number of aromatic nitrogens is 1. The summed E-state index contributed by atoms with van der Waals surface area (Å²) in [5, 5.41) is 1.13. The number of carbonyl (C=O) groups excluding carboxylic acids is 1. The van der Waals surface area contributed by atoms with Crippen LogP contribution < -0.4 is 0 Å². The number of hydrogen-bond acceptors (Lipinski definition) is 3. The maximum Gasteiger partial charge on any atom is 0.316 e. The first-order valence-corrected chi connectivity index (χ1v) is 7.03. The molecule has 1 N–H and O–H groups in total. The standard InChI is InChI=1S/C12H12BrNO2S/c1-2-16-12(15)7-17-11-6-14-10-5-8(13)3-4-9(10)11/h3-6,14H,2,7H2,1H3. The Hall–Kier alpha value is -0.940. The Morgan fingerprint density at radius 2 is 2.35 bits per heavy atom. The lowest BCUT2D eigenvalue weighted by Gasteiger charge is -2.00. The molecule has 0 amide bonds. The van der Waals surface area contributed by atoms with Crippen LogP contribution in [-0.4, -0.2) is 23.3 Å². The van der Waals surface area contributed by atoms with Gasteiger partial charge in [-0.3, -0.25) is 4.79 Å². The van der Waals surface area contributed by atoms with Crippen LogP contribution in [0.5, 0.6) is 0 Å². The van der Waals surface area contributed by atoms with Gasteiger partial charge in [-0.15, -0.1) is 11.8 Å². The fourth-order valence-corrected chi connectivity index (χ4v) is 2.72. The molecular weight excluding hydrogens is 302 g/mol. The Bertz CT molecular complexity index is 538. The van der Waals surface area contributed by atoms with Gasteiger partial charge in [-0.2, -0.15) is 0 Å². The van der Waals surface area contributed by atoms with Crippen LogP contribution in [0, 0.1) is 0 Å². The molecule has 0 saturated heterocycles. The van der Waals surface area contributed by atoms with Crippen LogP contribution in [0.4, 0.5) is 0 Å². The number of esters is 1. The molecule has 0 saturated carbocycles. The molecule has 0 aliphatic carbocycles. The Labute approximate surface area is 112 Å². The normalized spacial score (nSPS) is 10.7. The van der Waals surface area contributed by atoms with Gasteiger partial charge < -0.3 is 9.72 Å². The molecule has 0 radical (unpaired) electrons. The molecule has 0 bridgehead atoms. The molecule has 3 nitrogen and oxygen atoms in total. The average Bonchev–Trinajstić information content (AvgIpc) is 2.69. The van der Waals surface area contributed by atoms with Crippen molar-refractivity contribution in [2.45, 2.75) is 11.8 Å². The summed E-state index contributed by atoms with van der Waals surface area (Å²) in [6.45, 7) is 2.24. The topological polar surface area (TPSA) is 42.1 Å². The molecule has 1 aromatic heterocycles. The largest absolute Gasteiger partial charge is 0.465 e. The van der Waals surface area contributed by atoms with Gasteiger partial charge in [0.25, 0.3) is 0 Å². The number of carbonyl (C=O) groups is 1. The van der Waals surface area contributed by atoms with Gasteiger partial charge in [-0.05, 0) is 19.1 Å². The summed E-state index contributed by atoms with van der Waals surface area (Å²) in [6, 6.07) is 6.04. The minimum absolute atomic E-state index is 0.177. The summed E-state index contributed by atoms with van der Waals surface area (Å²) in [5.41, 5.74) is 1.06. The predicted octanol–water partition coefficient (Wildman–Crippen LogP) is 3.59. The molecular formula is C12H12BrNO2S. The first kappa shape index (κ1) is 12.5. The van der Waals surface area contributed by atoms with E-state index in [9.17, 15) is 4.79 Å². The Kier molecular flexibility index (Phi) is 4.12. The van der Waals surface area contributed by atoms with Crippen LogP contribution in [0.1, 0.15) is 6.92 Å². The van der Waals surface area contributed by atoms with E-state index in [0.717, 1.165) is 20.3 Å². The van der Waals surface area contributed by atoms with Crippen molar-refractivity contribution in [3.8, 4) is 0 Å². The van der Waals surface area contributed by atoms with Crippen LogP contribution in [0.15, 0.2) is 33.8 Å². The van der Waals surface area contributed by atoms with E-state index in [1.807, 2.05) is 31.3 Å². The number of benzene rings is 1. The molecule has 1 heterocycles. The Morgan fingerprint density at radius 3 is 3.12 bits per heavy atom. The fraction of sp³-hybridized carbons (Fsp3) is 0.250. The predicted molar refractivity (Wildman–Crippen MR) is 73.4 cm³/mol. The molecule has 0 atom stereocenters. The number of thioether (sulfide) groups is 1. The number of H-pyrrole nitrogens is 1. The van der Waals surface area contributed by atoms with Crippen molar-refractivity contribution in [1.29, 1.82) is 0 Å². The minimum atomic E-state index is -0.177. The first-order valence-electron chi connectivity index (χ1n) is 5.25. The van der Waals surface area contributed by atoms with Gasteiger partial charge in [0.2, 0.25) is 0 Å². The summed E-state index contributed by atoms with van der Waals surface area (Å²) in [5.74, 6) is 0.167. The maximum atomic E-state index is 11.3. The molecule has 0 aliphatic heterocycles. The van der Waals surface area contributed by atoms with Gasteiger partial charge in [0, 0.05) is 26.5 Å². The molecule has 5 heteroatoms. The second-order valence-corrected chi connectivity index (χ2v) is 5.37. The molecule has 0 spiro atoms. The fourth-order valence-electron chi connectivity index (χ4n) is 1.53. The van der Waals surface area contributed by atoms with E-state index in [2.05, 4.69) is 20.9 Å². The molecule has 90 valence electrons. The van der Waals surface area contributed by atoms with Crippen molar-refractivity contribution in [3.63, 3.8) is 0 Å². The molecule has 0 unspecified atom stereocenters. The molecule has 0 fully saturated rings. The van der Waals surface area contributed by atoms with Crippen molar-refractivity contribution in [2.75, 3.05) is 12.4 Å². The minimum Gasteiger partial charge on any atom is -0.465 e. The van der Waals surface area contributed by atoms with Gasteiger partial charge in [-0.1, -0.05) is 22.0 Å². The SMILES string of the molecule is CCOC(=O)CSc1c[nH]c2cc(Br)ccc12. The van der Waals surface area contributed by atoms with Gasteiger partial charge >= 0.3 is 5.97 Å². The zero-order valence-electron chi connectivity index (χ0n) is 9.33. The van der Waals surface area contributed by atoms with E-state index in [1.165, 1.54) is 11.8 Å². The van der Waals surface area contributed by atoms with Crippen LogP contribution in [0.2, 0.25) is 0 Å². The van der Waals surface area contributed by atoms with Gasteiger partial charge in [0.05, 0.1) is 12.4 Å². The molecule has 2 rings (SSSR count). The number of fused-ring (bicyclic) bond motifs is 1. The first-order chi connectivity index (χ1) is 8.20. The lowest BCUT2D eigenvalue weighted by Crippen LogP contribution is -2.06. The number of aromatic amines is 1. The number of halogens is 1. The quantitative estimate of drug-likeness (QED) is 0.693. The Morgan fingerprint density at radius 1 is 1.53 bits per heavy atom. The van der Waals surface area contributed by atoms with Crippen LogP contribution in [-0.2, 0) is 9.53 Å². The summed E-state index contributed by atoms with van der Waals surface area (Å²) >= 11 is 4.91. The zero-order valence-corrected chi connectivity index (χ0v) is 11.7. The van der Waals surface area contributed by atoms with E-state index in [-0.39, 0.29) is 5.97 Å². The van der Waals surface area contributed by atoms with Gasteiger partial charge in [-0.25, -0.2) is 0 Å². The highest BCUT2D eigenvalue weighted by Gasteiger charge is 2.08. The van der Waals surface area contributed by atoms with Crippen LogP contribution in [0.25, 0.3) is 10.9 Å². The summed E-state index contributed by atoms with van der Waals surface area (Å²) < 4.78 is 5.93. The third-order valence-corrected chi connectivity index (χ3v) is 3.78. The Balaban J connectivity index is 2.11. The number of rotatable bonds is 4. The van der Waals surface area contributed by atoms with E-state index in [1.54, 1.807) is 0 Å². The monoisotopic (exact) mass is 313 g/mol. The lowest BCUT2D eigenvalue weighted by molar-refractivity contribution is -0.139. The summed E-state index contributed by atoms with van der Waals surface area (Å²) in [4.78, 5) is 15.5. The maximum absolute atomic E-state index is 11.3. The van der Waals surface area contributed by atoms with Crippen LogP contribution in [0.3, 0.4) is 0 Å². The third-order valence-electron chi connectivity index (χ3n) is 2.26. The zero-order chi connectivity index (χ0) is 12.3. The summed E-state index contributed by atoms with van der Waals surface area (Å²) in [7, 11) is 0. The van der Waals surface area contributed by atoms with Gasteiger partial charge in [0.15, 0.2) is 0 Å². The van der Waals surface area contributed by atoms with E-state index >= 15 is 0 Å². The second-order valence-electron chi connectivity index (χ2n) is 3.44. The van der Waals surface area contributed by atoms with Crippen molar-refractivity contribution >= 4 is 44.6 Å². The number of nitrogens with one attached hydrogen (secondary N) is 1. The molecule has 2 aromatic rings. The highest BCUT2D eigenvalue weighted by molar-refractivity contribution is 9.10. The molecule has 1 aromatic carbocycles. The molecule has 17 heavy (non-hydrogen) atoms. The van der Waals surface area contributed by atoms with Crippen molar-refractivity contribution in [1.82, 2.24) is 4.98 Å². The van der Waals surface area contributed by atoms with E-state index < -0.39 is 0 Å². The van der Waals surface area contributed by atoms with Crippen molar-refractivity contribution in [2.24, 2.45) is 0 Å². The summed E-state index contributed by atoms with van der Waals surface area (Å²) in [6.07, 6.45) is 1.92. The van der Waals surface area contributed by atoms with Crippen molar-refractivity contribution < 1.29 is 9.53 Å². The second kappa shape index (κ2) is 5.60. The van der Waals surface area contributed by atoms with Gasteiger partial charge in [0.1, 0.15) is 0 Å². The van der Waals surface area contributed by atoms with Crippen molar-refractivity contribution in [3.05, 3.63) is 28.9 Å². The lowest BCUT2D eigenvalue weighted by atomic mass is 10.2.